The van der Waals surface area contributed by atoms with Crippen molar-refractivity contribution in [3.63, 3.8) is 0 Å². The minimum absolute atomic E-state index is 0.294. The van der Waals surface area contributed by atoms with Crippen molar-refractivity contribution < 1.29 is 9.13 Å². The van der Waals surface area contributed by atoms with Crippen LogP contribution >= 0.6 is 12.2 Å². The van der Waals surface area contributed by atoms with Gasteiger partial charge >= 0.3 is 0 Å². The Kier molecular flexibility index (Phi) is 3.06. The van der Waals surface area contributed by atoms with E-state index in [-0.39, 0.29) is 5.82 Å². The van der Waals surface area contributed by atoms with E-state index in [0.717, 1.165) is 22.5 Å². The molecule has 0 fully saturated rings. The predicted molar refractivity (Wildman–Crippen MR) is 79.7 cm³/mol. The van der Waals surface area contributed by atoms with E-state index < -0.39 is 0 Å². The number of imidazole rings is 1. The molecule has 0 unspecified atom stereocenters. The second-order valence-electron chi connectivity index (χ2n) is 4.60. The molecule has 0 bridgehead atoms. The zero-order valence-electron chi connectivity index (χ0n) is 11.1. The van der Waals surface area contributed by atoms with Gasteiger partial charge in [-0.2, -0.15) is 0 Å². The molecular formula is C15H13FN2OS. The molecule has 2 aromatic carbocycles. The first-order chi connectivity index (χ1) is 9.60. The third-order valence-electron chi connectivity index (χ3n) is 3.22. The molecule has 0 radical (unpaired) electrons. The summed E-state index contributed by atoms with van der Waals surface area (Å²) in [6.07, 6.45) is 0. The van der Waals surface area contributed by atoms with Crippen molar-refractivity contribution >= 4 is 23.3 Å². The molecule has 102 valence electrons. The highest BCUT2D eigenvalue weighted by molar-refractivity contribution is 7.71. The predicted octanol–water partition coefficient (Wildman–Crippen LogP) is 4.14. The molecular weight excluding hydrogens is 275 g/mol. The summed E-state index contributed by atoms with van der Waals surface area (Å²) >= 11 is 5.36. The molecule has 1 N–H and O–H groups in total. The van der Waals surface area contributed by atoms with Crippen LogP contribution in [0.1, 0.15) is 5.56 Å². The van der Waals surface area contributed by atoms with Crippen LogP contribution < -0.4 is 4.74 Å². The minimum Gasteiger partial charge on any atom is -0.495 e. The van der Waals surface area contributed by atoms with Crippen molar-refractivity contribution in [2.24, 2.45) is 0 Å². The third-order valence-corrected chi connectivity index (χ3v) is 3.50. The Labute approximate surface area is 120 Å². The van der Waals surface area contributed by atoms with E-state index in [0.29, 0.717) is 10.3 Å². The van der Waals surface area contributed by atoms with Gasteiger partial charge < -0.3 is 9.72 Å². The lowest BCUT2D eigenvalue weighted by molar-refractivity contribution is 0.413. The first kappa shape index (κ1) is 12.9. The number of ether oxygens (including phenoxy) is 1. The van der Waals surface area contributed by atoms with Crippen molar-refractivity contribution in [2.75, 3.05) is 7.11 Å². The molecule has 3 rings (SSSR count). The number of rotatable bonds is 2. The molecule has 1 aromatic heterocycles. The topological polar surface area (TPSA) is 29.9 Å². The lowest BCUT2D eigenvalue weighted by Gasteiger charge is -2.11. The van der Waals surface area contributed by atoms with Crippen molar-refractivity contribution in [1.29, 1.82) is 0 Å². The molecule has 0 amide bonds. The highest BCUT2D eigenvalue weighted by Crippen LogP contribution is 2.28. The highest BCUT2D eigenvalue weighted by Gasteiger charge is 2.11. The standard InChI is InChI=1S/C15H13FN2OS/c1-9-3-6-14(19-2)13(7-9)18-12-5-4-10(16)8-11(12)17-15(18)20/h3-8H,1-2H3,(H,17,20). The molecule has 3 nitrogen and oxygen atoms in total. The van der Waals surface area contributed by atoms with Crippen LogP contribution in [0.4, 0.5) is 4.39 Å². The summed E-state index contributed by atoms with van der Waals surface area (Å²) in [7, 11) is 1.62. The minimum atomic E-state index is -0.294. The molecule has 20 heavy (non-hydrogen) atoms. The smallest absolute Gasteiger partial charge is 0.182 e. The molecule has 0 saturated heterocycles. The van der Waals surface area contributed by atoms with Crippen LogP contribution in [0, 0.1) is 17.5 Å². The molecule has 5 heteroatoms. The first-order valence-corrected chi connectivity index (χ1v) is 6.56. The monoisotopic (exact) mass is 288 g/mol. The van der Waals surface area contributed by atoms with Gasteiger partial charge in [-0.05, 0) is 55.0 Å². The van der Waals surface area contributed by atoms with E-state index in [4.69, 9.17) is 17.0 Å². The number of H-pyrrole nitrogens is 1. The van der Waals surface area contributed by atoms with Crippen molar-refractivity contribution in [3.05, 3.63) is 52.5 Å². The van der Waals surface area contributed by atoms with Crippen LogP contribution in [0.5, 0.6) is 5.75 Å². The van der Waals surface area contributed by atoms with E-state index in [1.807, 2.05) is 29.7 Å². The number of nitrogens with one attached hydrogen (secondary N) is 1. The van der Waals surface area contributed by atoms with Gasteiger partial charge in [0.25, 0.3) is 0 Å². The number of fused-ring (bicyclic) bond motifs is 1. The maximum atomic E-state index is 13.3. The third kappa shape index (κ3) is 2.00. The highest BCUT2D eigenvalue weighted by atomic mass is 32.1. The van der Waals surface area contributed by atoms with Crippen molar-refractivity contribution in [2.45, 2.75) is 6.92 Å². The average molecular weight is 288 g/mol. The quantitative estimate of drug-likeness (QED) is 0.718. The molecule has 0 spiro atoms. The Balaban J connectivity index is 2.37. The summed E-state index contributed by atoms with van der Waals surface area (Å²) in [4.78, 5) is 3.02. The van der Waals surface area contributed by atoms with Crippen LogP contribution in [-0.4, -0.2) is 16.7 Å². The number of benzene rings is 2. The SMILES string of the molecule is COc1ccc(C)cc1-n1c(=S)[nH]c2cc(F)ccc21. The number of hydrogen-bond acceptors (Lipinski definition) is 2. The summed E-state index contributed by atoms with van der Waals surface area (Å²) < 4.78 is 21.1. The second kappa shape index (κ2) is 4.76. The fourth-order valence-electron chi connectivity index (χ4n) is 2.30. The Morgan fingerprint density at radius 2 is 2.00 bits per heavy atom. The van der Waals surface area contributed by atoms with Gasteiger partial charge in [-0.25, -0.2) is 4.39 Å². The lowest BCUT2D eigenvalue weighted by atomic mass is 10.2. The summed E-state index contributed by atoms with van der Waals surface area (Å²) in [5.74, 6) is 0.425. The largest absolute Gasteiger partial charge is 0.495 e. The molecule has 0 aliphatic carbocycles. The van der Waals surface area contributed by atoms with Crippen LogP contribution in [0.2, 0.25) is 0 Å². The maximum Gasteiger partial charge on any atom is 0.182 e. The first-order valence-electron chi connectivity index (χ1n) is 6.15. The number of aryl methyl sites for hydroxylation is 1. The van der Waals surface area contributed by atoms with E-state index in [9.17, 15) is 4.39 Å². The number of nitrogens with zero attached hydrogens (tertiary/aromatic N) is 1. The molecule has 3 aromatic rings. The van der Waals surface area contributed by atoms with Gasteiger partial charge in [0.15, 0.2) is 4.77 Å². The molecule has 0 saturated carbocycles. The van der Waals surface area contributed by atoms with E-state index in [1.54, 1.807) is 13.2 Å². The Bertz CT molecular complexity index is 851. The fraction of sp³-hybridized carbons (Fsp3) is 0.133. The zero-order chi connectivity index (χ0) is 14.3. The second-order valence-corrected chi connectivity index (χ2v) is 4.99. The number of hydrogen-bond donors (Lipinski definition) is 1. The lowest BCUT2D eigenvalue weighted by Crippen LogP contribution is -1.98. The molecule has 1 heterocycles. The van der Waals surface area contributed by atoms with Gasteiger partial charge in [0, 0.05) is 0 Å². The van der Waals surface area contributed by atoms with Crippen LogP contribution in [0.25, 0.3) is 16.7 Å². The van der Waals surface area contributed by atoms with Gasteiger partial charge in [0.1, 0.15) is 11.6 Å². The number of halogens is 1. The summed E-state index contributed by atoms with van der Waals surface area (Å²) in [6, 6.07) is 10.4. The van der Waals surface area contributed by atoms with Gasteiger partial charge in [0.05, 0.1) is 23.8 Å². The van der Waals surface area contributed by atoms with Crippen LogP contribution in [0.3, 0.4) is 0 Å². The van der Waals surface area contributed by atoms with E-state index in [1.165, 1.54) is 12.1 Å². The Hall–Kier alpha value is -2.14. The normalized spacial score (nSPS) is 10.9. The van der Waals surface area contributed by atoms with Gasteiger partial charge in [0.2, 0.25) is 0 Å². The van der Waals surface area contributed by atoms with Gasteiger partial charge in [-0.1, -0.05) is 6.07 Å². The number of aromatic nitrogens is 2. The summed E-state index contributed by atoms with van der Waals surface area (Å²) in [6.45, 7) is 2.00. The number of aromatic amines is 1. The van der Waals surface area contributed by atoms with Gasteiger partial charge in [-0.3, -0.25) is 4.57 Å². The number of methoxy groups -OCH3 is 1. The Morgan fingerprint density at radius 3 is 2.75 bits per heavy atom. The Morgan fingerprint density at radius 1 is 1.20 bits per heavy atom. The zero-order valence-corrected chi connectivity index (χ0v) is 11.9. The molecule has 0 aliphatic heterocycles. The van der Waals surface area contributed by atoms with Gasteiger partial charge in [-0.15, -0.1) is 0 Å². The maximum absolute atomic E-state index is 13.3. The average Bonchev–Trinajstić information content (AvgIpc) is 2.73. The van der Waals surface area contributed by atoms with E-state index >= 15 is 0 Å². The van der Waals surface area contributed by atoms with Crippen molar-refractivity contribution in [3.8, 4) is 11.4 Å². The van der Waals surface area contributed by atoms with Crippen LogP contribution in [-0.2, 0) is 0 Å². The van der Waals surface area contributed by atoms with E-state index in [2.05, 4.69) is 4.98 Å². The molecule has 0 aliphatic rings. The molecule has 0 atom stereocenters. The fourth-order valence-corrected chi connectivity index (χ4v) is 2.60. The van der Waals surface area contributed by atoms with Crippen molar-refractivity contribution in [1.82, 2.24) is 9.55 Å². The van der Waals surface area contributed by atoms with Crippen LogP contribution in [0.15, 0.2) is 36.4 Å². The summed E-state index contributed by atoms with van der Waals surface area (Å²) in [5, 5.41) is 0. The summed E-state index contributed by atoms with van der Waals surface area (Å²) in [5.41, 5.74) is 3.42.